The van der Waals surface area contributed by atoms with Crippen molar-refractivity contribution in [1.82, 2.24) is 9.97 Å². The van der Waals surface area contributed by atoms with E-state index in [0.717, 1.165) is 16.8 Å². The molecule has 0 saturated heterocycles. The first-order valence-electron chi connectivity index (χ1n) is 5.29. The Balaban J connectivity index is 2.48. The van der Waals surface area contributed by atoms with Crippen LogP contribution in [0.3, 0.4) is 0 Å². The Morgan fingerprint density at radius 1 is 1.24 bits per heavy atom. The maximum absolute atomic E-state index is 5.98. The predicted molar refractivity (Wildman–Crippen MR) is 67.9 cm³/mol. The van der Waals surface area contributed by atoms with Gasteiger partial charge in [0.15, 0.2) is 5.82 Å². The van der Waals surface area contributed by atoms with Gasteiger partial charge in [-0.05, 0) is 12.5 Å². The van der Waals surface area contributed by atoms with E-state index in [1.807, 2.05) is 31.2 Å². The topological polar surface area (TPSA) is 35.0 Å². The minimum Gasteiger partial charge on any atom is -0.377 e. The highest BCUT2D eigenvalue weighted by atomic mass is 35.5. The Hall–Kier alpha value is -1.45. The summed E-state index contributed by atoms with van der Waals surface area (Å²) < 4.78 is 5.02. The zero-order valence-corrected chi connectivity index (χ0v) is 10.5. The lowest BCUT2D eigenvalue weighted by Crippen LogP contribution is -1.99. The highest BCUT2D eigenvalue weighted by Gasteiger charge is 2.07. The molecule has 3 nitrogen and oxygen atoms in total. The number of hydrogen-bond acceptors (Lipinski definition) is 3. The van der Waals surface area contributed by atoms with E-state index in [4.69, 9.17) is 16.3 Å². The third-order valence-corrected chi connectivity index (χ3v) is 2.63. The highest BCUT2D eigenvalue weighted by molar-refractivity contribution is 6.29. The van der Waals surface area contributed by atoms with Crippen LogP contribution in [0.25, 0.3) is 11.3 Å². The number of nitrogens with zero attached hydrogens (tertiary/aromatic N) is 2. The molecule has 0 aliphatic rings. The second-order valence-electron chi connectivity index (χ2n) is 3.74. The molecule has 0 N–H and O–H groups in total. The van der Waals surface area contributed by atoms with Gasteiger partial charge in [-0.2, -0.15) is 0 Å². The third kappa shape index (κ3) is 2.81. The van der Waals surface area contributed by atoms with E-state index in [9.17, 15) is 0 Å². The summed E-state index contributed by atoms with van der Waals surface area (Å²) >= 11 is 5.98. The maximum Gasteiger partial charge on any atom is 0.156 e. The van der Waals surface area contributed by atoms with Gasteiger partial charge in [-0.3, -0.25) is 0 Å². The van der Waals surface area contributed by atoms with Gasteiger partial charge in [0, 0.05) is 18.7 Å². The summed E-state index contributed by atoms with van der Waals surface area (Å²) in [6.07, 6.45) is 0. The van der Waals surface area contributed by atoms with Crippen molar-refractivity contribution >= 4 is 11.6 Å². The SMILES string of the molecule is COCc1nc(Cl)cc(-c2ccccc2C)n1. The van der Waals surface area contributed by atoms with E-state index in [2.05, 4.69) is 9.97 Å². The molecule has 0 aliphatic carbocycles. The number of aryl methyl sites for hydroxylation is 1. The fourth-order valence-corrected chi connectivity index (χ4v) is 1.86. The lowest BCUT2D eigenvalue weighted by atomic mass is 10.1. The van der Waals surface area contributed by atoms with Crippen LogP contribution in [-0.2, 0) is 11.3 Å². The molecule has 1 aromatic carbocycles. The molecule has 0 radical (unpaired) electrons. The van der Waals surface area contributed by atoms with Gasteiger partial charge in [0.1, 0.15) is 11.8 Å². The minimum atomic E-state index is 0.361. The molecule has 17 heavy (non-hydrogen) atoms. The summed E-state index contributed by atoms with van der Waals surface area (Å²) in [5.74, 6) is 0.596. The molecule has 0 bridgehead atoms. The normalized spacial score (nSPS) is 10.5. The summed E-state index contributed by atoms with van der Waals surface area (Å²) in [7, 11) is 1.61. The van der Waals surface area contributed by atoms with Crippen molar-refractivity contribution in [3.63, 3.8) is 0 Å². The van der Waals surface area contributed by atoms with Crippen LogP contribution in [0, 0.1) is 6.92 Å². The van der Waals surface area contributed by atoms with Crippen molar-refractivity contribution < 1.29 is 4.74 Å². The number of aromatic nitrogens is 2. The van der Waals surface area contributed by atoms with Crippen molar-refractivity contribution in [2.75, 3.05) is 7.11 Å². The number of halogens is 1. The van der Waals surface area contributed by atoms with Crippen LogP contribution in [0.15, 0.2) is 30.3 Å². The van der Waals surface area contributed by atoms with Gasteiger partial charge in [0.2, 0.25) is 0 Å². The third-order valence-electron chi connectivity index (χ3n) is 2.44. The van der Waals surface area contributed by atoms with Gasteiger partial charge in [-0.25, -0.2) is 9.97 Å². The molecule has 2 aromatic rings. The average molecular weight is 249 g/mol. The first kappa shape index (κ1) is 12.0. The summed E-state index contributed by atoms with van der Waals surface area (Å²) in [5.41, 5.74) is 3.05. The van der Waals surface area contributed by atoms with E-state index in [-0.39, 0.29) is 0 Å². The largest absolute Gasteiger partial charge is 0.377 e. The molecule has 0 atom stereocenters. The van der Waals surface area contributed by atoms with Crippen LogP contribution in [0.4, 0.5) is 0 Å². The molecule has 0 saturated carbocycles. The molecular weight excluding hydrogens is 236 g/mol. The second-order valence-corrected chi connectivity index (χ2v) is 4.13. The summed E-state index contributed by atoms with van der Waals surface area (Å²) in [6.45, 7) is 2.40. The maximum atomic E-state index is 5.98. The van der Waals surface area contributed by atoms with E-state index in [1.165, 1.54) is 0 Å². The Bertz CT molecular complexity index is 529. The first-order chi connectivity index (χ1) is 8.20. The lowest BCUT2D eigenvalue weighted by molar-refractivity contribution is 0.178. The molecule has 0 spiro atoms. The monoisotopic (exact) mass is 248 g/mol. The van der Waals surface area contributed by atoms with E-state index < -0.39 is 0 Å². The Morgan fingerprint density at radius 2 is 2.00 bits per heavy atom. The zero-order valence-electron chi connectivity index (χ0n) is 9.77. The number of benzene rings is 1. The number of rotatable bonds is 3. The molecule has 4 heteroatoms. The fraction of sp³-hybridized carbons (Fsp3) is 0.231. The van der Waals surface area contributed by atoms with Gasteiger partial charge in [0.05, 0.1) is 5.69 Å². The smallest absolute Gasteiger partial charge is 0.156 e. The Morgan fingerprint density at radius 3 is 2.71 bits per heavy atom. The van der Waals surface area contributed by atoms with Crippen molar-refractivity contribution in [2.45, 2.75) is 13.5 Å². The van der Waals surface area contributed by atoms with Crippen molar-refractivity contribution in [3.8, 4) is 11.3 Å². The molecule has 1 heterocycles. The highest BCUT2D eigenvalue weighted by Crippen LogP contribution is 2.23. The van der Waals surface area contributed by atoms with E-state index in [0.29, 0.717) is 17.6 Å². The molecule has 0 unspecified atom stereocenters. The van der Waals surface area contributed by atoms with Crippen LogP contribution >= 0.6 is 11.6 Å². The fourth-order valence-electron chi connectivity index (χ4n) is 1.66. The van der Waals surface area contributed by atoms with Gasteiger partial charge in [-0.1, -0.05) is 35.9 Å². The number of ether oxygens (including phenoxy) is 1. The average Bonchev–Trinajstić information content (AvgIpc) is 2.29. The number of hydrogen-bond donors (Lipinski definition) is 0. The summed E-state index contributed by atoms with van der Waals surface area (Å²) in [6, 6.07) is 9.81. The quantitative estimate of drug-likeness (QED) is 0.782. The van der Waals surface area contributed by atoms with Crippen LogP contribution in [0.1, 0.15) is 11.4 Å². The first-order valence-corrected chi connectivity index (χ1v) is 5.67. The predicted octanol–water partition coefficient (Wildman–Crippen LogP) is 3.25. The van der Waals surface area contributed by atoms with Crippen LogP contribution < -0.4 is 0 Å². The van der Waals surface area contributed by atoms with Crippen molar-refractivity contribution in [2.24, 2.45) is 0 Å². The summed E-state index contributed by atoms with van der Waals surface area (Å²) in [5, 5.41) is 0.435. The molecule has 0 aliphatic heterocycles. The molecule has 0 fully saturated rings. The molecule has 1 aromatic heterocycles. The van der Waals surface area contributed by atoms with Gasteiger partial charge >= 0.3 is 0 Å². The van der Waals surface area contributed by atoms with Gasteiger partial charge in [-0.15, -0.1) is 0 Å². The van der Waals surface area contributed by atoms with Crippen molar-refractivity contribution in [3.05, 3.63) is 46.9 Å². The zero-order chi connectivity index (χ0) is 12.3. The Kier molecular flexibility index (Phi) is 3.71. The van der Waals surface area contributed by atoms with Gasteiger partial charge < -0.3 is 4.74 Å². The lowest BCUT2D eigenvalue weighted by Gasteiger charge is -2.07. The molecular formula is C13H13ClN2O. The van der Waals surface area contributed by atoms with Crippen molar-refractivity contribution in [1.29, 1.82) is 0 Å². The molecule has 2 rings (SSSR count). The second kappa shape index (κ2) is 5.25. The molecule has 88 valence electrons. The van der Waals surface area contributed by atoms with E-state index in [1.54, 1.807) is 13.2 Å². The summed E-state index contributed by atoms with van der Waals surface area (Å²) in [4.78, 5) is 8.54. The Labute approximate surface area is 105 Å². The van der Waals surface area contributed by atoms with Gasteiger partial charge in [0.25, 0.3) is 0 Å². The van der Waals surface area contributed by atoms with E-state index >= 15 is 0 Å². The van der Waals surface area contributed by atoms with Crippen LogP contribution in [0.5, 0.6) is 0 Å². The molecule has 0 amide bonds. The standard InChI is InChI=1S/C13H13ClN2O/c1-9-5-3-4-6-10(9)11-7-12(14)16-13(15-11)8-17-2/h3-7H,8H2,1-2H3. The van der Waals surface area contributed by atoms with Crippen LogP contribution in [-0.4, -0.2) is 17.1 Å². The number of methoxy groups -OCH3 is 1. The minimum absolute atomic E-state index is 0.361. The van der Waals surface area contributed by atoms with Crippen LogP contribution in [0.2, 0.25) is 5.15 Å².